The number of carbonyl (C=O) groups is 1. The number of halogens is 1. The van der Waals surface area contributed by atoms with E-state index in [1.54, 1.807) is 18.0 Å². The molecule has 1 aliphatic rings. The topological polar surface area (TPSA) is 53.0 Å². The minimum absolute atomic E-state index is 0.00320. The first-order valence-corrected chi connectivity index (χ1v) is 9.22. The van der Waals surface area contributed by atoms with Crippen molar-refractivity contribution in [1.29, 1.82) is 0 Å². The maximum absolute atomic E-state index is 14.0. The molecule has 5 nitrogen and oxygen atoms in total. The maximum Gasteiger partial charge on any atom is 0.317 e. The second kappa shape index (κ2) is 8.80. The average Bonchev–Trinajstić information content (AvgIpc) is 2.53. The third-order valence-electron chi connectivity index (χ3n) is 4.30. The number of aliphatic carboxylic acids is 1. The Morgan fingerprint density at radius 3 is 2.96 bits per heavy atom. The Morgan fingerprint density at radius 2 is 2.33 bits per heavy atom. The lowest BCUT2D eigenvalue weighted by molar-refractivity contribution is -0.138. The van der Waals surface area contributed by atoms with Crippen molar-refractivity contribution >= 4 is 17.7 Å². The predicted octanol–water partition coefficient (Wildman–Crippen LogP) is 2.33. The van der Waals surface area contributed by atoms with Gasteiger partial charge >= 0.3 is 5.97 Å². The number of likely N-dealkylation sites (N-methyl/N-ethyl adjacent to an activating group) is 1. The van der Waals surface area contributed by atoms with Gasteiger partial charge in [-0.15, -0.1) is 11.8 Å². The Morgan fingerprint density at radius 1 is 1.58 bits per heavy atom. The van der Waals surface area contributed by atoms with Gasteiger partial charge in [0.25, 0.3) is 0 Å². The van der Waals surface area contributed by atoms with Crippen LogP contribution in [-0.2, 0) is 9.53 Å². The van der Waals surface area contributed by atoms with E-state index < -0.39 is 5.97 Å². The van der Waals surface area contributed by atoms with Crippen LogP contribution in [0.1, 0.15) is 18.5 Å². The first-order valence-electron chi connectivity index (χ1n) is 8.00. The molecule has 0 aliphatic carbocycles. The molecule has 24 heavy (non-hydrogen) atoms. The molecule has 1 fully saturated rings. The Bertz CT molecular complexity index is 573. The highest BCUT2D eigenvalue weighted by molar-refractivity contribution is 7.98. The van der Waals surface area contributed by atoms with Crippen molar-refractivity contribution in [2.24, 2.45) is 0 Å². The molecule has 1 N–H and O–H groups in total. The molecule has 0 spiro atoms. The van der Waals surface area contributed by atoms with Crippen molar-refractivity contribution in [1.82, 2.24) is 9.80 Å². The molecule has 134 valence electrons. The van der Waals surface area contributed by atoms with Gasteiger partial charge in [-0.3, -0.25) is 14.6 Å². The molecule has 1 saturated heterocycles. The highest BCUT2D eigenvalue weighted by Gasteiger charge is 2.26. The van der Waals surface area contributed by atoms with Gasteiger partial charge in [0.2, 0.25) is 0 Å². The summed E-state index contributed by atoms with van der Waals surface area (Å²) >= 11 is 1.40. The van der Waals surface area contributed by atoms with Crippen LogP contribution in [0.15, 0.2) is 23.1 Å². The third kappa shape index (κ3) is 5.17. The molecular formula is C17H25FN2O3S. The average molecular weight is 356 g/mol. The van der Waals surface area contributed by atoms with Crippen LogP contribution in [-0.4, -0.2) is 73.1 Å². The van der Waals surface area contributed by atoms with Crippen LogP contribution in [0.4, 0.5) is 4.39 Å². The fourth-order valence-electron chi connectivity index (χ4n) is 3.00. The van der Waals surface area contributed by atoms with Gasteiger partial charge in [0.15, 0.2) is 0 Å². The van der Waals surface area contributed by atoms with Gasteiger partial charge in [0, 0.05) is 30.6 Å². The van der Waals surface area contributed by atoms with E-state index in [1.165, 1.54) is 11.8 Å². The summed E-state index contributed by atoms with van der Waals surface area (Å²) < 4.78 is 19.8. The van der Waals surface area contributed by atoms with Crippen LogP contribution in [0.2, 0.25) is 0 Å². The quantitative estimate of drug-likeness (QED) is 0.757. The van der Waals surface area contributed by atoms with Crippen molar-refractivity contribution in [3.8, 4) is 0 Å². The molecule has 0 radical (unpaired) electrons. The fraction of sp³-hybridized carbons (Fsp3) is 0.588. The molecule has 1 aromatic carbocycles. The molecule has 1 aromatic rings. The van der Waals surface area contributed by atoms with Crippen LogP contribution < -0.4 is 0 Å². The number of carboxylic acid groups (broad SMARTS) is 1. The SMILES string of the molecule is CSc1ccc(C(C)N2CCOC(CN(C)CC(=O)O)C2)cc1F. The van der Waals surface area contributed by atoms with Crippen molar-refractivity contribution in [3.05, 3.63) is 29.6 Å². The molecule has 0 aromatic heterocycles. The number of thioether (sulfide) groups is 1. The summed E-state index contributed by atoms with van der Waals surface area (Å²) in [6.45, 7) is 4.72. The smallest absolute Gasteiger partial charge is 0.317 e. The zero-order valence-electron chi connectivity index (χ0n) is 14.4. The van der Waals surface area contributed by atoms with Crippen LogP contribution in [0.5, 0.6) is 0 Å². The second-order valence-corrected chi connectivity index (χ2v) is 7.00. The highest BCUT2D eigenvalue weighted by Crippen LogP contribution is 2.27. The number of benzene rings is 1. The van der Waals surface area contributed by atoms with Crippen LogP contribution in [0.25, 0.3) is 0 Å². The predicted molar refractivity (Wildman–Crippen MR) is 93.0 cm³/mol. The molecular weight excluding hydrogens is 331 g/mol. The van der Waals surface area contributed by atoms with Gasteiger partial charge in [-0.05, 0) is 37.9 Å². The van der Waals surface area contributed by atoms with Crippen molar-refractivity contribution < 1.29 is 19.0 Å². The van der Waals surface area contributed by atoms with E-state index in [1.807, 2.05) is 18.4 Å². The van der Waals surface area contributed by atoms with Crippen molar-refractivity contribution in [2.45, 2.75) is 24.0 Å². The second-order valence-electron chi connectivity index (χ2n) is 6.15. The van der Waals surface area contributed by atoms with E-state index >= 15 is 0 Å². The van der Waals surface area contributed by atoms with Crippen LogP contribution >= 0.6 is 11.8 Å². The number of hydrogen-bond donors (Lipinski definition) is 1. The molecule has 0 amide bonds. The minimum atomic E-state index is -0.845. The number of carboxylic acids is 1. The van der Waals surface area contributed by atoms with Crippen LogP contribution in [0.3, 0.4) is 0 Å². The van der Waals surface area contributed by atoms with Gasteiger partial charge in [-0.2, -0.15) is 0 Å². The Balaban J connectivity index is 1.98. The molecule has 2 rings (SSSR count). The van der Waals surface area contributed by atoms with E-state index in [2.05, 4.69) is 11.8 Å². The number of rotatable bonds is 7. The van der Waals surface area contributed by atoms with Gasteiger partial charge in [0.05, 0.1) is 19.3 Å². The van der Waals surface area contributed by atoms with Gasteiger partial charge < -0.3 is 9.84 Å². The molecule has 0 saturated carbocycles. The molecule has 1 aliphatic heterocycles. The first-order chi connectivity index (χ1) is 11.4. The summed E-state index contributed by atoms with van der Waals surface area (Å²) in [5, 5.41) is 8.84. The third-order valence-corrected chi connectivity index (χ3v) is 5.07. The Kier molecular flexibility index (Phi) is 7.03. The first kappa shape index (κ1) is 19.2. The zero-order valence-corrected chi connectivity index (χ0v) is 15.2. The summed E-state index contributed by atoms with van der Waals surface area (Å²) in [4.78, 5) is 15.4. The lowest BCUT2D eigenvalue weighted by Gasteiger charge is -2.38. The lowest BCUT2D eigenvalue weighted by atomic mass is 10.1. The zero-order chi connectivity index (χ0) is 17.7. The fourth-order valence-corrected chi connectivity index (χ4v) is 3.46. The Hall–Kier alpha value is -1.15. The highest BCUT2D eigenvalue weighted by atomic mass is 32.2. The number of nitrogens with zero attached hydrogens (tertiary/aromatic N) is 2. The van der Waals surface area contributed by atoms with Gasteiger partial charge in [-0.25, -0.2) is 4.39 Å². The summed E-state index contributed by atoms with van der Waals surface area (Å²) in [7, 11) is 1.77. The van der Waals surface area contributed by atoms with E-state index in [-0.39, 0.29) is 24.5 Å². The number of hydrogen-bond acceptors (Lipinski definition) is 5. The van der Waals surface area contributed by atoms with E-state index in [9.17, 15) is 9.18 Å². The summed E-state index contributed by atoms with van der Waals surface area (Å²) in [5.74, 6) is -1.03. The summed E-state index contributed by atoms with van der Waals surface area (Å²) in [5.41, 5.74) is 0.949. The van der Waals surface area contributed by atoms with E-state index in [0.717, 1.165) is 12.1 Å². The molecule has 2 atom stereocenters. The van der Waals surface area contributed by atoms with E-state index in [0.29, 0.717) is 24.6 Å². The lowest BCUT2D eigenvalue weighted by Crippen LogP contribution is -2.48. The summed E-state index contributed by atoms with van der Waals surface area (Å²) in [6, 6.07) is 5.49. The Labute approximate surface area is 146 Å². The van der Waals surface area contributed by atoms with Gasteiger partial charge in [0.1, 0.15) is 5.82 Å². The number of morpholine rings is 1. The van der Waals surface area contributed by atoms with Crippen molar-refractivity contribution in [3.63, 3.8) is 0 Å². The largest absolute Gasteiger partial charge is 0.480 e. The number of ether oxygens (including phenoxy) is 1. The van der Waals surface area contributed by atoms with Crippen LogP contribution in [0, 0.1) is 5.82 Å². The van der Waals surface area contributed by atoms with Gasteiger partial charge in [-0.1, -0.05) is 6.07 Å². The maximum atomic E-state index is 14.0. The standard InChI is InChI=1S/C17H25FN2O3S/c1-12(13-4-5-16(24-3)15(18)8-13)20-6-7-23-14(10-20)9-19(2)11-17(21)22/h4-5,8,12,14H,6-7,9-11H2,1-3H3,(H,21,22). The monoisotopic (exact) mass is 356 g/mol. The minimum Gasteiger partial charge on any atom is -0.480 e. The summed E-state index contributed by atoms with van der Waals surface area (Å²) in [6.07, 6.45) is 1.82. The van der Waals surface area contributed by atoms with E-state index in [4.69, 9.17) is 9.84 Å². The van der Waals surface area contributed by atoms with Crippen molar-refractivity contribution in [2.75, 3.05) is 46.1 Å². The molecule has 0 bridgehead atoms. The molecule has 7 heteroatoms. The normalized spacial score (nSPS) is 20.3. The molecule has 1 heterocycles. The molecule has 2 unspecified atom stereocenters.